The summed E-state index contributed by atoms with van der Waals surface area (Å²) in [5, 5.41) is 0. The van der Waals surface area contributed by atoms with Gasteiger partial charge in [0.15, 0.2) is 0 Å². The summed E-state index contributed by atoms with van der Waals surface area (Å²) in [6.07, 6.45) is -8.79. The molecule has 2 N–H and O–H groups in total. The molecule has 1 aliphatic carbocycles. The number of hydrogen-bond donors (Lipinski definition) is 1. The molecule has 0 unspecified atom stereocenters. The van der Waals surface area contributed by atoms with E-state index in [-0.39, 0.29) is 12.4 Å². The molecule has 0 heterocycles. The van der Waals surface area contributed by atoms with Crippen molar-refractivity contribution in [3.8, 4) is 0 Å². The van der Waals surface area contributed by atoms with Gasteiger partial charge in [0.2, 0.25) is 0 Å². The van der Waals surface area contributed by atoms with Crippen LogP contribution in [0.1, 0.15) is 38.3 Å². The zero-order chi connectivity index (χ0) is 12.5. The molecular weight excluding hydrogens is 110 g/mol. The lowest BCUT2D eigenvalue weighted by molar-refractivity contribution is 0.277. The maximum absolute atomic E-state index is 7.30. The van der Waals surface area contributed by atoms with Gasteiger partial charge in [-0.1, -0.05) is 0 Å². The second-order valence-corrected chi connectivity index (χ2v) is 1.18. The lowest BCUT2D eigenvalue weighted by atomic mass is 9.80. The Morgan fingerprint density at radius 3 is 2.71 bits per heavy atom. The normalized spacial score (nSPS) is 67.3. The maximum atomic E-state index is 7.30. The quantitative estimate of drug-likeness (QED) is 0.526. The van der Waals surface area contributed by atoms with Crippen molar-refractivity contribution in [2.45, 2.75) is 31.5 Å². The van der Waals surface area contributed by atoms with Crippen LogP contribution in [-0.2, 0) is 0 Å². The Bertz CT molecular complexity index is 277. The third-order valence-electron chi connectivity index (χ3n) is 0.519. The molecule has 0 aromatic carbocycles. The zero-order valence-electron chi connectivity index (χ0n) is 12.5. The molecule has 0 aliphatic heterocycles. The van der Waals surface area contributed by atoms with Crippen molar-refractivity contribution in [1.82, 2.24) is 0 Å². The summed E-state index contributed by atoms with van der Waals surface area (Å²) in [7, 11) is 0. The van der Waals surface area contributed by atoms with Crippen molar-refractivity contribution in [1.29, 1.82) is 0 Å². The first-order chi connectivity index (χ1) is 6.25. The van der Waals surface area contributed by atoms with Crippen molar-refractivity contribution in [2.24, 2.45) is 5.73 Å². The molecule has 0 atom stereocenters. The van der Waals surface area contributed by atoms with E-state index < -0.39 is 31.5 Å². The SMILES string of the molecule is Cl.[2H]C([2H])([2H])C1(N)C([2H])([2H])C([2H])([2H])C1([2H])[2H]. The molecule has 0 aromatic rings. The topological polar surface area (TPSA) is 26.0 Å². The molecule has 44 valence electrons. The average Bonchev–Trinajstić information content (AvgIpc) is 1.98. The van der Waals surface area contributed by atoms with Crippen LogP contribution in [0.4, 0.5) is 0 Å². The van der Waals surface area contributed by atoms with Crippen molar-refractivity contribution in [3.63, 3.8) is 0 Å². The molecule has 0 spiro atoms. The predicted molar refractivity (Wildman–Crippen MR) is 33.7 cm³/mol. The van der Waals surface area contributed by atoms with Crippen LogP contribution < -0.4 is 5.73 Å². The molecule has 0 amide bonds. The van der Waals surface area contributed by atoms with Gasteiger partial charge < -0.3 is 5.73 Å². The highest BCUT2D eigenvalue weighted by molar-refractivity contribution is 5.85. The van der Waals surface area contributed by atoms with E-state index >= 15 is 0 Å². The van der Waals surface area contributed by atoms with Crippen LogP contribution in [0.5, 0.6) is 0 Å². The predicted octanol–water partition coefficient (Wildman–Crippen LogP) is 1.31. The van der Waals surface area contributed by atoms with Gasteiger partial charge in [-0.3, -0.25) is 0 Å². The van der Waals surface area contributed by atoms with Gasteiger partial charge in [-0.15, -0.1) is 12.4 Å². The Balaban J connectivity index is 0.00000225. The maximum Gasteiger partial charge on any atom is 0.0285 e. The van der Waals surface area contributed by atoms with Crippen LogP contribution in [0.25, 0.3) is 0 Å². The van der Waals surface area contributed by atoms with Crippen molar-refractivity contribution < 1.29 is 12.3 Å². The molecule has 1 rings (SSSR count). The molecule has 1 aliphatic rings. The van der Waals surface area contributed by atoms with Crippen LogP contribution >= 0.6 is 12.4 Å². The Labute approximate surface area is 63.3 Å². The third-order valence-corrected chi connectivity index (χ3v) is 0.519. The summed E-state index contributed by atoms with van der Waals surface area (Å²) in [6.45, 7) is -3.11. The Kier molecular flexibility index (Phi) is 0.350. The van der Waals surface area contributed by atoms with Crippen molar-refractivity contribution in [3.05, 3.63) is 0 Å². The van der Waals surface area contributed by atoms with E-state index in [0.717, 1.165) is 0 Å². The number of nitrogens with two attached hydrogens (primary N) is 1. The zero-order valence-corrected chi connectivity index (χ0v) is 4.30. The average molecular weight is 131 g/mol. The summed E-state index contributed by atoms with van der Waals surface area (Å²) in [4.78, 5) is 0. The fourth-order valence-corrected chi connectivity index (χ4v) is 0.197. The monoisotopic (exact) mass is 130 g/mol. The van der Waals surface area contributed by atoms with Crippen molar-refractivity contribution >= 4 is 12.4 Å². The second-order valence-electron chi connectivity index (χ2n) is 1.18. The first-order valence-electron chi connectivity index (χ1n) is 6.04. The van der Waals surface area contributed by atoms with E-state index in [0.29, 0.717) is 0 Å². The Morgan fingerprint density at radius 1 is 1.86 bits per heavy atom. The molecule has 2 heteroatoms. The molecular formula is C5H12ClN. The highest BCUT2D eigenvalue weighted by Gasteiger charge is 2.25. The van der Waals surface area contributed by atoms with Gasteiger partial charge in [0.1, 0.15) is 0 Å². The molecule has 0 bridgehead atoms. The molecule has 0 saturated heterocycles. The number of hydrogen-bond acceptors (Lipinski definition) is 1. The van der Waals surface area contributed by atoms with Gasteiger partial charge in [-0.25, -0.2) is 0 Å². The van der Waals surface area contributed by atoms with E-state index in [4.69, 9.17) is 18.1 Å². The summed E-state index contributed by atoms with van der Waals surface area (Å²) in [5.74, 6) is 0. The summed E-state index contributed by atoms with van der Waals surface area (Å²) in [5.41, 5.74) is 2.44. The van der Waals surface area contributed by atoms with Crippen LogP contribution in [0, 0.1) is 0 Å². The first kappa shape index (κ1) is 1.22. The summed E-state index contributed by atoms with van der Waals surface area (Å²) in [6, 6.07) is 0. The third kappa shape index (κ3) is 1.66. The smallest absolute Gasteiger partial charge is 0.0285 e. The Hall–Kier alpha value is 0.250. The molecule has 1 nitrogen and oxygen atoms in total. The van der Waals surface area contributed by atoms with E-state index in [1.165, 1.54) is 0 Å². The summed E-state index contributed by atoms with van der Waals surface area (Å²) < 4.78 is 64.7. The second kappa shape index (κ2) is 2.01. The standard InChI is InChI=1S/C5H11N.ClH/c1-5(6)3-2-4-5;/h2-4,6H2,1H3;1H/i1D3,2D2,3D2,4D2;. The minimum atomic E-state index is -3.11. The van der Waals surface area contributed by atoms with Gasteiger partial charge in [-0.2, -0.15) is 0 Å². The van der Waals surface area contributed by atoms with Gasteiger partial charge in [-0.05, 0) is 26.0 Å². The minimum absolute atomic E-state index is 0. The van der Waals surface area contributed by atoms with Gasteiger partial charge in [0, 0.05) is 17.9 Å². The molecule has 0 radical (unpaired) electrons. The van der Waals surface area contributed by atoms with Gasteiger partial charge in [0.05, 0.1) is 0 Å². The Morgan fingerprint density at radius 2 is 2.43 bits per heavy atom. The summed E-state index contributed by atoms with van der Waals surface area (Å²) >= 11 is 0. The van der Waals surface area contributed by atoms with Crippen LogP contribution in [0.15, 0.2) is 0 Å². The molecule has 1 fully saturated rings. The minimum Gasteiger partial charge on any atom is -0.325 e. The van der Waals surface area contributed by atoms with E-state index in [2.05, 4.69) is 0 Å². The molecule has 0 aromatic heterocycles. The van der Waals surface area contributed by atoms with Gasteiger partial charge in [0.25, 0.3) is 0 Å². The first-order valence-corrected chi connectivity index (χ1v) is 1.54. The molecule has 7 heavy (non-hydrogen) atoms. The molecule has 1 saturated carbocycles. The number of rotatable bonds is 0. The van der Waals surface area contributed by atoms with Crippen LogP contribution in [0.3, 0.4) is 0 Å². The lowest BCUT2D eigenvalue weighted by Gasteiger charge is -2.33. The largest absolute Gasteiger partial charge is 0.325 e. The fraction of sp³-hybridized carbons (Fsp3) is 1.00. The highest BCUT2D eigenvalue weighted by Crippen LogP contribution is 2.27. The lowest BCUT2D eigenvalue weighted by Crippen LogP contribution is -2.42. The van der Waals surface area contributed by atoms with E-state index in [1.807, 2.05) is 0 Å². The van der Waals surface area contributed by atoms with Gasteiger partial charge >= 0.3 is 0 Å². The fourth-order valence-electron chi connectivity index (χ4n) is 0.197. The van der Waals surface area contributed by atoms with E-state index in [1.54, 1.807) is 0 Å². The van der Waals surface area contributed by atoms with Crippen LogP contribution in [-0.4, -0.2) is 5.54 Å². The highest BCUT2D eigenvalue weighted by atomic mass is 35.5. The van der Waals surface area contributed by atoms with E-state index in [9.17, 15) is 0 Å². The van der Waals surface area contributed by atoms with Crippen LogP contribution in [0.2, 0.25) is 0 Å². The van der Waals surface area contributed by atoms with Crippen molar-refractivity contribution in [2.75, 3.05) is 0 Å². The number of halogens is 1.